The van der Waals surface area contributed by atoms with Crippen LogP contribution in [0.5, 0.6) is 0 Å². The van der Waals surface area contributed by atoms with Crippen molar-refractivity contribution in [2.24, 2.45) is 0 Å². The van der Waals surface area contributed by atoms with Crippen molar-refractivity contribution in [3.05, 3.63) is 118 Å². The molecule has 202 valence electrons. The minimum atomic E-state index is -0.0686. The molecule has 0 saturated heterocycles. The van der Waals surface area contributed by atoms with Gasteiger partial charge in [0.1, 0.15) is 0 Å². The third-order valence-electron chi connectivity index (χ3n) is 8.87. The third kappa shape index (κ3) is 4.82. The molecule has 4 aromatic rings. The predicted molar refractivity (Wildman–Crippen MR) is 170 cm³/mol. The van der Waals surface area contributed by atoms with E-state index in [0.717, 1.165) is 11.4 Å². The monoisotopic (exact) mass is 515 g/mol. The van der Waals surface area contributed by atoms with Crippen LogP contribution in [-0.4, -0.2) is 0 Å². The summed E-state index contributed by atoms with van der Waals surface area (Å²) < 4.78 is 0. The molecule has 0 radical (unpaired) electrons. The van der Waals surface area contributed by atoms with Crippen molar-refractivity contribution in [1.29, 1.82) is 0 Å². The Morgan fingerprint density at radius 2 is 1.03 bits per heavy atom. The van der Waals surface area contributed by atoms with Crippen molar-refractivity contribution in [2.45, 2.75) is 90.9 Å². The number of fused-ring (bicyclic) bond motifs is 2. The Hall–Kier alpha value is -3.32. The van der Waals surface area contributed by atoms with Gasteiger partial charge in [0.2, 0.25) is 0 Å². The van der Waals surface area contributed by atoms with Crippen molar-refractivity contribution >= 4 is 11.4 Å². The zero-order chi connectivity index (χ0) is 28.4. The van der Waals surface area contributed by atoms with Crippen LogP contribution in [0.15, 0.2) is 84.9 Å². The van der Waals surface area contributed by atoms with Crippen LogP contribution in [0.3, 0.4) is 0 Å². The van der Waals surface area contributed by atoms with E-state index < -0.39 is 0 Å². The minimum absolute atomic E-state index is 0.0334. The Bertz CT molecular complexity index is 1520. The van der Waals surface area contributed by atoms with Crippen molar-refractivity contribution in [3.8, 4) is 11.1 Å². The first-order valence-electron chi connectivity index (χ1n) is 14.4. The molecule has 0 unspecified atom stereocenters. The van der Waals surface area contributed by atoms with E-state index in [4.69, 9.17) is 0 Å². The van der Waals surface area contributed by atoms with E-state index in [1.807, 2.05) is 0 Å². The molecule has 0 atom stereocenters. The summed E-state index contributed by atoms with van der Waals surface area (Å²) in [6.45, 7) is 23.1. The second kappa shape index (κ2) is 9.12. The van der Waals surface area contributed by atoms with Crippen LogP contribution < -0.4 is 5.32 Å². The summed E-state index contributed by atoms with van der Waals surface area (Å²) in [6.07, 6.45) is 0. The Balaban J connectivity index is 1.60. The van der Waals surface area contributed by atoms with Gasteiger partial charge in [-0.05, 0) is 74.0 Å². The summed E-state index contributed by atoms with van der Waals surface area (Å²) in [5, 5.41) is 3.83. The van der Waals surface area contributed by atoms with Crippen LogP contribution in [-0.2, 0) is 21.7 Å². The highest BCUT2D eigenvalue weighted by Gasteiger charge is 2.41. The summed E-state index contributed by atoms with van der Waals surface area (Å²) in [6, 6.07) is 32.0. The number of rotatable bonds is 3. The molecule has 0 saturated carbocycles. The number of hydrogen-bond acceptors (Lipinski definition) is 1. The quantitative estimate of drug-likeness (QED) is 0.286. The summed E-state index contributed by atoms with van der Waals surface area (Å²) in [5.41, 5.74) is 13.2. The van der Waals surface area contributed by atoms with Gasteiger partial charge >= 0.3 is 0 Å². The second-order valence-corrected chi connectivity index (χ2v) is 14.5. The number of hydrogen-bond donors (Lipinski definition) is 1. The van der Waals surface area contributed by atoms with Gasteiger partial charge in [0.05, 0.1) is 0 Å². The third-order valence-corrected chi connectivity index (χ3v) is 8.87. The zero-order valence-electron chi connectivity index (χ0n) is 25.6. The van der Waals surface area contributed by atoms with Gasteiger partial charge in [-0.25, -0.2) is 0 Å². The molecule has 39 heavy (non-hydrogen) atoms. The molecule has 4 aromatic carbocycles. The van der Waals surface area contributed by atoms with Gasteiger partial charge in [0.15, 0.2) is 0 Å². The van der Waals surface area contributed by atoms with E-state index in [-0.39, 0.29) is 21.7 Å². The Morgan fingerprint density at radius 1 is 0.513 bits per heavy atom. The lowest BCUT2D eigenvalue weighted by Gasteiger charge is -2.44. The van der Waals surface area contributed by atoms with E-state index in [1.165, 1.54) is 44.5 Å². The number of benzene rings is 4. The smallest absolute Gasteiger partial charge is 0.0464 e. The van der Waals surface area contributed by atoms with Gasteiger partial charge in [0.25, 0.3) is 0 Å². The summed E-state index contributed by atoms with van der Waals surface area (Å²) >= 11 is 0. The van der Waals surface area contributed by atoms with E-state index in [0.29, 0.717) is 0 Å². The van der Waals surface area contributed by atoms with Gasteiger partial charge in [-0.3, -0.25) is 0 Å². The van der Waals surface area contributed by atoms with Crippen LogP contribution in [0.4, 0.5) is 11.4 Å². The average molecular weight is 516 g/mol. The largest absolute Gasteiger partial charge is 0.355 e. The van der Waals surface area contributed by atoms with Crippen molar-refractivity contribution < 1.29 is 0 Å². The molecule has 1 N–H and O–H groups in total. The summed E-state index contributed by atoms with van der Waals surface area (Å²) in [5.74, 6) is 0. The van der Waals surface area contributed by atoms with Gasteiger partial charge in [-0.15, -0.1) is 0 Å². The molecule has 0 amide bonds. The number of anilines is 2. The Morgan fingerprint density at radius 3 is 1.59 bits per heavy atom. The van der Waals surface area contributed by atoms with Crippen LogP contribution in [0.1, 0.15) is 103 Å². The second-order valence-electron chi connectivity index (χ2n) is 14.5. The normalized spacial score (nSPS) is 15.8. The van der Waals surface area contributed by atoms with Gasteiger partial charge in [0, 0.05) is 27.8 Å². The van der Waals surface area contributed by atoms with Crippen molar-refractivity contribution in [3.63, 3.8) is 0 Å². The molecular weight excluding hydrogens is 470 g/mol. The first-order valence-corrected chi connectivity index (χ1v) is 14.4. The molecule has 0 aromatic heterocycles. The molecule has 5 rings (SSSR count). The fourth-order valence-corrected chi connectivity index (χ4v) is 6.21. The van der Waals surface area contributed by atoms with Gasteiger partial charge < -0.3 is 5.32 Å². The van der Waals surface area contributed by atoms with E-state index in [9.17, 15) is 0 Å². The first kappa shape index (κ1) is 27.3. The standard InChI is InChI=1S/C38H45N/c1-35(2,3)26-17-15-25(16-18-26)29-23-27(36(4,5)6)19-22-34(29)39-28-20-21-32-33(24-28)38(9,10)31-14-12-11-13-30(31)37(32,7)8/h11-24,39H,1-10H3. The molecule has 1 aliphatic carbocycles. The van der Waals surface area contributed by atoms with E-state index in [2.05, 4.69) is 159 Å². The first-order chi connectivity index (χ1) is 18.1. The van der Waals surface area contributed by atoms with E-state index >= 15 is 0 Å². The van der Waals surface area contributed by atoms with Crippen LogP contribution in [0, 0.1) is 0 Å². The highest BCUT2D eigenvalue weighted by molar-refractivity contribution is 5.82. The molecule has 0 heterocycles. The fraction of sp³-hybridized carbons (Fsp3) is 0.368. The summed E-state index contributed by atoms with van der Waals surface area (Å²) in [4.78, 5) is 0. The lowest BCUT2D eigenvalue weighted by Crippen LogP contribution is -2.36. The zero-order valence-corrected chi connectivity index (χ0v) is 25.6. The molecular formula is C38H45N. The highest BCUT2D eigenvalue weighted by Crippen LogP contribution is 2.50. The van der Waals surface area contributed by atoms with Crippen molar-refractivity contribution in [2.75, 3.05) is 5.32 Å². The SMILES string of the molecule is CC(C)(C)c1ccc(-c2cc(C(C)(C)C)ccc2Nc2ccc3c(c2)C(C)(C)c2ccccc2C3(C)C)cc1. The average Bonchev–Trinajstić information content (AvgIpc) is 2.87. The molecule has 1 aliphatic rings. The van der Waals surface area contributed by atoms with Crippen LogP contribution in [0.2, 0.25) is 0 Å². The summed E-state index contributed by atoms with van der Waals surface area (Å²) in [7, 11) is 0. The lowest BCUT2D eigenvalue weighted by atomic mass is 9.60. The Labute approximate surface area is 236 Å². The lowest BCUT2D eigenvalue weighted by molar-refractivity contribution is 0.521. The molecule has 1 nitrogen and oxygen atoms in total. The molecule has 0 aliphatic heterocycles. The minimum Gasteiger partial charge on any atom is -0.355 e. The molecule has 0 bridgehead atoms. The maximum absolute atomic E-state index is 3.83. The molecule has 0 spiro atoms. The fourth-order valence-electron chi connectivity index (χ4n) is 6.21. The molecule has 1 heteroatoms. The highest BCUT2D eigenvalue weighted by atomic mass is 14.9. The van der Waals surface area contributed by atoms with Gasteiger partial charge in [-0.1, -0.05) is 130 Å². The van der Waals surface area contributed by atoms with Gasteiger partial charge in [-0.2, -0.15) is 0 Å². The predicted octanol–water partition coefficient (Wildman–Crippen LogP) is 10.7. The maximum Gasteiger partial charge on any atom is 0.0464 e. The Kier molecular flexibility index (Phi) is 6.37. The molecule has 0 fully saturated rings. The van der Waals surface area contributed by atoms with Crippen LogP contribution >= 0.6 is 0 Å². The van der Waals surface area contributed by atoms with E-state index in [1.54, 1.807) is 0 Å². The van der Waals surface area contributed by atoms with Crippen molar-refractivity contribution in [1.82, 2.24) is 0 Å². The topological polar surface area (TPSA) is 12.0 Å². The number of nitrogens with one attached hydrogen (secondary N) is 1. The maximum atomic E-state index is 3.83. The van der Waals surface area contributed by atoms with Crippen LogP contribution in [0.25, 0.3) is 11.1 Å².